The van der Waals surface area contributed by atoms with Gasteiger partial charge < -0.3 is 10.5 Å². The maximum atomic E-state index is 6.47. The third kappa shape index (κ3) is 3.94. The summed E-state index contributed by atoms with van der Waals surface area (Å²) < 4.78 is 5.50. The molecule has 1 unspecified atom stereocenters. The van der Waals surface area contributed by atoms with E-state index in [1.54, 1.807) is 0 Å². The van der Waals surface area contributed by atoms with E-state index in [0.29, 0.717) is 0 Å². The average molecular weight is 254 g/mol. The highest BCUT2D eigenvalue weighted by Gasteiger charge is 2.35. The van der Waals surface area contributed by atoms with Crippen LogP contribution in [-0.2, 0) is 4.74 Å². The van der Waals surface area contributed by atoms with Gasteiger partial charge in [0.15, 0.2) is 0 Å². The van der Waals surface area contributed by atoms with E-state index in [4.69, 9.17) is 10.5 Å². The van der Waals surface area contributed by atoms with Crippen molar-refractivity contribution in [1.82, 2.24) is 4.90 Å². The second-order valence-electron chi connectivity index (χ2n) is 6.76. The van der Waals surface area contributed by atoms with Gasteiger partial charge in [-0.2, -0.15) is 0 Å². The lowest BCUT2D eigenvalue weighted by atomic mass is 9.97. The van der Waals surface area contributed by atoms with E-state index in [9.17, 15) is 0 Å². The predicted molar refractivity (Wildman–Crippen MR) is 75.6 cm³/mol. The Morgan fingerprint density at radius 2 is 2.06 bits per heavy atom. The van der Waals surface area contributed by atoms with E-state index in [1.807, 2.05) is 0 Å². The van der Waals surface area contributed by atoms with Gasteiger partial charge in [0.2, 0.25) is 0 Å². The molecule has 2 rings (SSSR count). The van der Waals surface area contributed by atoms with Gasteiger partial charge in [0.05, 0.1) is 12.1 Å². The second kappa shape index (κ2) is 6.36. The summed E-state index contributed by atoms with van der Waals surface area (Å²) in [6, 6.07) is 0.782. The van der Waals surface area contributed by atoms with Crippen molar-refractivity contribution in [3.8, 4) is 0 Å². The third-order valence-electron chi connectivity index (χ3n) is 4.49. The Hall–Kier alpha value is -0.120. The molecule has 0 aromatic carbocycles. The number of ether oxygens (including phenoxy) is 1. The monoisotopic (exact) mass is 254 g/mol. The van der Waals surface area contributed by atoms with Crippen molar-refractivity contribution in [2.75, 3.05) is 26.3 Å². The van der Waals surface area contributed by atoms with E-state index >= 15 is 0 Å². The van der Waals surface area contributed by atoms with Crippen LogP contribution in [0.3, 0.4) is 0 Å². The van der Waals surface area contributed by atoms with Crippen molar-refractivity contribution < 1.29 is 4.74 Å². The highest BCUT2D eigenvalue weighted by molar-refractivity contribution is 4.93. The van der Waals surface area contributed by atoms with Crippen LogP contribution in [0.4, 0.5) is 0 Å². The van der Waals surface area contributed by atoms with Crippen molar-refractivity contribution in [2.24, 2.45) is 11.7 Å². The molecule has 1 aliphatic carbocycles. The molecule has 1 aliphatic heterocycles. The van der Waals surface area contributed by atoms with E-state index in [2.05, 4.69) is 18.7 Å². The standard InChI is InChI=1S/C15H30N2O/c1-13(2)7-9-17(14-5-3-4-6-14)11-15(16)8-10-18-12-15/h13-14H,3-12,16H2,1-2H3. The molecule has 2 fully saturated rings. The summed E-state index contributed by atoms with van der Waals surface area (Å²) in [6.45, 7) is 8.45. The molecule has 0 spiro atoms. The molecule has 2 aliphatic rings. The molecule has 3 nitrogen and oxygen atoms in total. The van der Waals surface area contributed by atoms with Crippen LogP contribution in [0.5, 0.6) is 0 Å². The van der Waals surface area contributed by atoms with Crippen LogP contribution >= 0.6 is 0 Å². The van der Waals surface area contributed by atoms with Crippen molar-refractivity contribution >= 4 is 0 Å². The molecule has 3 heteroatoms. The fraction of sp³-hybridized carbons (Fsp3) is 1.00. The molecule has 2 N–H and O–H groups in total. The maximum Gasteiger partial charge on any atom is 0.0659 e. The summed E-state index contributed by atoms with van der Waals surface area (Å²) >= 11 is 0. The van der Waals surface area contributed by atoms with Crippen LogP contribution in [0, 0.1) is 5.92 Å². The minimum atomic E-state index is -0.0838. The smallest absolute Gasteiger partial charge is 0.0659 e. The van der Waals surface area contributed by atoms with Crippen LogP contribution in [0.25, 0.3) is 0 Å². The lowest BCUT2D eigenvalue weighted by Gasteiger charge is -2.36. The Morgan fingerprint density at radius 3 is 2.61 bits per heavy atom. The van der Waals surface area contributed by atoms with Gasteiger partial charge in [-0.05, 0) is 38.1 Å². The van der Waals surface area contributed by atoms with Gasteiger partial charge in [-0.25, -0.2) is 0 Å². The van der Waals surface area contributed by atoms with Gasteiger partial charge in [0.25, 0.3) is 0 Å². The summed E-state index contributed by atoms with van der Waals surface area (Å²) in [5.74, 6) is 0.780. The predicted octanol–water partition coefficient (Wildman–Crippen LogP) is 2.39. The molecule has 0 aromatic heterocycles. The van der Waals surface area contributed by atoms with Gasteiger partial charge in [-0.3, -0.25) is 4.90 Å². The van der Waals surface area contributed by atoms with Gasteiger partial charge in [0.1, 0.15) is 0 Å². The maximum absolute atomic E-state index is 6.47. The summed E-state index contributed by atoms with van der Waals surface area (Å²) in [6.07, 6.45) is 7.85. The number of hydrogen-bond donors (Lipinski definition) is 1. The molecular weight excluding hydrogens is 224 g/mol. The van der Waals surface area contributed by atoms with Gasteiger partial charge >= 0.3 is 0 Å². The highest BCUT2D eigenvalue weighted by atomic mass is 16.5. The Labute approximate surface area is 112 Å². The highest BCUT2D eigenvalue weighted by Crippen LogP contribution is 2.27. The van der Waals surface area contributed by atoms with E-state index in [-0.39, 0.29) is 5.54 Å². The van der Waals surface area contributed by atoms with E-state index in [0.717, 1.165) is 38.1 Å². The van der Waals surface area contributed by atoms with Crippen LogP contribution in [0.2, 0.25) is 0 Å². The van der Waals surface area contributed by atoms with Crippen LogP contribution in [0.15, 0.2) is 0 Å². The Balaban J connectivity index is 1.90. The van der Waals surface area contributed by atoms with Crippen molar-refractivity contribution in [3.05, 3.63) is 0 Å². The first kappa shape index (κ1) is 14.3. The summed E-state index contributed by atoms with van der Waals surface area (Å²) in [4.78, 5) is 2.67. The first-order valence-corrected chi connectivity index (χ1v) is 7.70. The molecule has 1 saturated carbocycles. The van der Waals surface area contributed by atoms with E-state index in [1.165, 1.54) is 38.6 Å². The average Bonchev–Trinajstić information content (AvgIpc) is 2.95. The van der Waals surface area contributed by atoms with Crippen LogP contribution in [0.1, 0.15) is 52.4 Å². The Morgan fingerprint density at radius 1 is 1.33 bits per heavy atom. The van der Waals surface area contributed by atoms with Crippen LogP contribution < -0.4 is 5.73 Å². The molecule has 18 heavy (non-hydrogen) atoms. The fourth-order valence-electron chi connectivity index (χ4n) is 3.24. The SMILES string of the molecule is CC(C)CCN(CC1(N)CCOC1)C1CCCC1. The lowest BCUT2D eigenvalue weighted by Crippen LogP contribution is -2.53. The Kier molecular flexibility index (Phi) is 5.05. The molecule has 0 bridgehead atoms. The zero-order valence-corrected chi connectivity index (χ0v) is 12.2. The Bertz CT molecular complexity index is 243. The minimum Gasteiger partial charge on any atom is -0.379 e. The van der Waals surface area contributed by atoms with Gasteiger partial charge in [-0.1, -0.05) is 26.7 Å². The molecule has 1 heterocycles. The summed E-state index contributed by atoms with van der Waals surface area (Å²) in [5, 5.41) is 0. The fourth-order valence-corrected chi connectivity index (χ4v) is 3.24. The normalized spacial score (nSPS) is 29.8. The van der Waals surface area contributed by atoms with Gasteiger partial charge in [0, 0.05) is 19.2 Å². The molecule has 0 radical (unpaired) electrons. The largest absolute Gasteiger partial charge is 0.379 e. The first-order valence-electron chi connectivity index (χ1n) is 7.70. The molecular formula is C15H30N2O. The molecule has 0 amide bonds. The van der Waals surface area contributed by atoms with Crippen molar-refractivity contribution in [2.45, 2.75) is 64.0 Å². The summed E-state index contributed by atoms with van der Waals surface area (Å²) in [7, 11) is 0. The number of nitrogens with zero attached hydrogens (tertiary/aromatic N) is 1. The number of nitrogens with two attached hydrogens (primary N) is 1. The second-order valence-corrected chi connectivity index (χ2v) is 6.76. The van der Waals surface area contributed by atoms with Crippen LogP contribution in [-0.4, -0.2) is 42.8 Å². The zero-order chi connectivity index (χ0) is 13.0. The summed E-state index contributed by atoms with van der Waals surface area (Å²) in [5.41, 5.74) is 6.38. The number of rotatable bonds is 6. The lowest BCUT2D eigenvalue weighted by molar-refractivity contribution is 0.124. The number of hydrogen-bond acceptors (Lipinski definition) is 3. The first-order chi connectivity index (χ1) is 8.59. The van der Waals surface area contributed by atoms with E-state index < -0.39 is 0 Å². The third-order valence-corrected chi connectivity index (χ3v) is 4.49. The molecule has 1 saturated heterocycles. The van der Waals surface area contributed by atoms with Crippen molar-refractivity contribution in [3.63, 3.8) is 0 Å². The molecule has 1 atom stereocenters. The van der Waals surface area contributed by atoms with Crippen molar-refractivity contribution in [1.29, 1.82) is 0 Å². The molecule has 106 valence electrons. The minimum absolute atomic E-state index is 0.0838. The topological polar surface area (TPSA) is 38.5 Å². The molecule has 0 aromatic rings. The quantitative estimate of drug-likeness (QED) is 0.791. The van der Waals surface area contributed by atoms with Gasteiger partial charge in [-0.15, -0.1) is 0 Å². The zero-order valence-electron chi connectivity index (χ0n) is 12.2.